The van der Waals surface area contributed by atoms with Crippen LogP contribution in [0.5, 0.6) is 11.5 Å². The van der Waals surface area contributed by atoms with Gasteiger partial charge in [0.25, 0.3) is 0 Å². The summed E-state index contributed by atoms with van der Waals surface area (Å²) in [7, 11) is 0. The number of hydrogen-bond donors (Lipinski definition) is 1. The van der Waals surface area contributed by atoms with Crippen molar-refractivity contribution >= 4 is 5.69 Å². The molecule has 2 aromatic rings. The number of benzene rings is 2. The number of halogens is 1. The molecule has 16 heavy (non-hydrogen) atoms. The van der Waals surface area contributed by atoms with Crippen molar-refractivity contribution in [1.82, 2.24) is 0 Å². The third-order valence-corrected chi connectivity index (χ3v) is 2.32. The third kappa shape index (κ3) is 2.14. The standard InChI is InChI=1S/C13H12FNO/c1-9-6-7-10(8-12(9)15)16-13-5-3-2-4-11(13)14/h2-8H,15H2,1H3. The Labute approximate surface area is 93.5 Å². The quantitative estimate of drug-likeness (QED) is 0.781. The first-order valence-corrected chi connectivity index (χ1v) is 4.95. The van der Waals surface area contributed by atoms with E-state index in [0.29, 0.717) is 11.4 Å². The fourth-order valence-electron chi connectivity index (χ4n) is 1.34. The molecule has 3 heteroatoms. The van der Waals surface area contributed by atoms with Gasteiger partial charge >= 0.3 is 0 Å². The lowest BCUT2D eigenvalue weighted by molar-refractivity contribution is 0.442. The highest BCUT2D eigenvalue weighted by atomic mass is 19.1. The zero-order chi connectivity index (χ0) is 11.5. The Morgan fingerprint density at radius 2 is 1.88 bits per heavy atom. The minimum absolute atomic E-state index is 0.200. The van der Waals surface area contributed by atoms with Crippen molar-refractivity contribution in [3.63, 3.8) is 0 Å². The molecule has 0 radical (unpaired) electrons. The molecule has 82 valence electrons. The first-order valence-electron chi connectivity index (χ1n) is 4.95. The molecule has 0 saturated heterocycles. The van der Waals surface area contributed by atoms with Crippen LogP contribution in [0.2, 0.25) is 0 Å². The summed E-state index contributed by atoms with van der Waals surface area (Å²) in [5, 5.41) is 0. The zero-order valence-electron chi connectivity index (χ0n) is 8.91. The fourth-order valence-corrected chi connectivity index (χ4v) is 1.34. The zero-order valence-corrected chi connectivity index (χ0v) is 8.91. The van der Waals surface area contributed by atoms with E-state index in [2.05, 4.69) is 0 Å². The molecule has 0 spiro atoms. The summed E-state index contributed by atoms with van der Waals surface area (Å²) >= 11 is 0. The van der Waals surface area contributed by atoms with Crippen molar-refractivity contribution in [2.75, 3.05) is 5.73 Å². The minimum Gasteiger partial charge on any atom is -0.454 e. The van der Waals surface area contributed by atoms with Crippen molar-refractivity contribution in [2.24, 2.45) is 0 Å². The molecule has 0 saturated carbocycles. The number of nitrogen functional groups attached to an aromatic ring is 1. The molecule has 2 nitrogen and oxygen atoms in total. The second-order valence-electron chi connectivity index (χ2n) is 3.55. The van der Waals surface area contributed by atoms with E-state index in [1.165, 1.54) is 6.07 Å². The summed E-state index contributed by atoms with van der Waals surface area (Å²) in [6.45, 7) is 1.90. The smallest absolute Gasteiger partial charge is 0.165 e. The summed E-state index contributed by atoms with van der Waals surface area (Å²) in [6, 6.07) is 11.5. The van der Waals surface area contributed by atoms with E-state index >= 15 is 0 Å². The topological polar surface area (TPSA) is 35.2 Å². The van der Waals surface area contributed by atoms with Crippen molar-refractivity contribution in [3.05, 3.63) is 53.8 Å². The summed E-state index contributed by atoms with van der Waals surface area (Å²) in [4.78, 5) is 0. The number of para-hydroxylation sites is 1. The lowest BCUT2D eigenvalue weighted by atomic mass is 10.2. The van der Waals surface area contributed by atoms with Crippen LogP contribution < -0.4 is 10.5 Å². The molecule has 2 aromatic carbocycles. The summed E-state index contributed by atoms with van der Waals surface area (Å²) < 4.78 is 18.7. The largest absolute Gasteiger partial charge is 0.454 e. The predicted octanol–water partition coefficient (Wildman–Crippen LogP) is 3.51. The molecule has 0 amide bonds. The van der Waals surface area contributed by atoms with E-state index in [-0.39, 0.29) is 11.6 Å². The van der Waals surface area contributed by atoms with Gasteiger partial charge < -0.3 is 10.5 Å². The Bertz CT molecular complexity index is 511. The van der Waals surface area contributed by atoms with Crippen LogP contribution >= 0.6 is 0 Å². The van der Waals surface area contributed by atoms with Gasteiger partial charge in [-0.1, -0.05) is 18.2 Å². The average molecular weight is 217 g/mol. The normalized spacial score (nSPS) is 10.1. The van der Waals surface area contributed by atoms with Crippen molar-refractivity contribution in [3.8, 4) is 11.5 Å². The number of anilines is 1. The van der Waals surface area contributed by atoms with Crippen molar-refractivity contribution in [2.45, 2.75) is 6.92 Å². The Morgan fingerprint density at radius 3 is 2.56 bits per heavy atom. The van der Waals surface area contributed by atoms with Gasteiger partial charge in [-0.25, -0.2) is 4.39 Å². The van der Waals surface area contributed by atoms with Crippen molar-refractivity contribution < 1.29 is 9.13 Å². The number of hydrogen-bond acceptors (Lipinski definition) is 2. The third-order valence-electron chi connectivity index (χ3n) is 2.32. The summed E-state index contributed by atoms with van der Waals surface area (Å²) in [6.07, 6.45) is 0. The van der Waals surface area contributed by atoms with Crippen LogP contribution in [-0.4, -0.2) is 0 Å². The maximum absolute atomic E-state index is 13.3. The minimum atomic E-state index is -0.387. The highest BCUT2D eigenvalue weighted by Gasteiger charge is 2.04. The molecular weight excluding hydrogens is 205 g/mol. The summed E-state index contributed by atoms with van der Waals surface area (Å²) in [5.41, 5.74) is 7.34. The van der Waals surface area contributed by atoms with E-state index in [9.17, 15) is 4.39 Å². The Balaban J connectivity index is 2.28. The highest BCUT2D eigenvalue weighted by Crippen LogP contribution is 2.26. The number of nitrogens with two attached hydrogens (primary N) is 1. The molecule has 0 aliphatic rings. The molecule has 0 aliphatic heterocycles. The second kappa shape index (κ2) is 4.23. The second-order valence-corrected chi connectivity index (χ2v) is 3.55. The van der Waals surface area contributed by atoms with Gasteiger partial charge in [0.15, 0.2) is 11.6 Å². The van der Waals surface area contributed by atoms with Gasteiger partial charge in [-0.3, -0.25) is 0 Å². The molecule has 0 aliphatic carbocycles. The number of rotatable bonds is 2. The Kier molecular flexibility index (Phi) is 2.77. The molecule has 0 fully saturated rings. The maximum atomic E-state index is 13.3. The van der Waals surface area contributed by atoms with Crippen LogP contribution in [0.4, 0.5) is 10.1 Å². The number of ether oxygens (including phenoxy) is 1. The van der Waals surface area contributed by atoms with E-state index in [4.69, 9.17) is 10.5 Å². The molecular formula is C13H12FNO. The SMILES string of the molecule is Cc1ccc(Oc2ccccc2F)cc1N. The van der Waals surface area contributed by atoms with Gasteiger partial charge in [-0.2, -0.15) is 0 Å². The molecule has 0 atom stereocenters. The molecule has 0 heterocycles. The van der Waals surface area contributed by atoms with Gasteiger partial charge in [0.2, 0.25) is 0 Å². The van der Waals surface area contributed by atoms with E-state index < -0.39 is 0 Å². The first kappa shape index (κ1) is 10.5. The van der Waals surface area contributed by atoms with E-state index in [0.717, 1.165) is 5.56 Å². The van der Waals surface area contributed by atoms with Crippen LogP contribution in [0.25, 0.3) is 0 Å². The average Bonchev–Trinajstić information content (AvgIpc) is 2.27. The van der Waals surface area contributed by atoms with Gasteiger partial charge in [0.05, 0.1) is 0 Å². The predicted molar refractivity (Wildman–Crippen MR) is 62.1 cm³/mol. The van der Waals surface area contributed by atoms with E-state index in [1.807, 2.05) is 13.0 Å². The lowest BCUT2D eigenvalue weighted by Gasteiger charge is -2.08. The van der Waals surface area contributed by atoms with Gasteiger partial charge in [-0.05, 0) is 30.7 Å². The molecule has 0 bridgehead atoms. The molecule has 0 unspecified atom stereocenters. The van der Waals surface area contributed by atoms with Gasteiger partial charge in [0, 0.05) is 11.8 Å². The lowest BCUT2D eigenvalue weighted by Crippen LogP contribution is -1.92. The van der Waals surface area contributed by atoms with Crippen LogP contribution in [0.3, 0.4) is 0 Å². The monoisotopic (exact) mass is 217 g/mol. The highest BCUT2D eigenvalue weighted by molar-refractivity contribution is 5.51. The van der Waals surface area contributed by atoms with E-state index in [1.54, 1.807) is 30.3 Å². The van der Waals surface area contributed by atoms with Gasteiger partial charge in [0.1, 0.15) is 5.75 Å². The first-order chi connectivity index (χ1) is 7.66. The summed E-state index contributed by atoms with van der Waals surface area (Å²) in [5.74, 6) is 0.348. The van der Waals surface area contributed by atoms with Crippen LogP contribution in [0.15, 0.2) is 42.5 Å². The molecule has 2 rings (SSSR count). The molecule has 2 N–H and O–H groups in total. The molecule has 0 aromatic heterocycles. The number of aryl methyl sites for hydroxylation is 1. The van der Waals surface area contributed by atoms with Gasteiger partial charge in [-0.15, -0.1) is 0 Å². The fraction of sp³-hybridized carbons (Fsp3) is 0.0769. The Morgan fingerprint density at radius 1 is 1.12 bits per heavy atom. The van der Waals surface area contributed by atoms with Crippen LogP contribution in [0.1, 0.15) is 5.56 Å². The maximum Gasteiger partial charge on any atom is 0.165 e. The van der Waals surface area contributed by atoms with Crippen LogP contribution in [0, 0.1) is 12.7 Å². The van der Waals surface area contributed by atoms with Crippen molar-refractivity contribution in [1.29, 1.82) is 0 Å². The van der Waals surface area contributed by atoms with Crippen LogP contribution in [-0.2, 0) is 0 Å². The Hall–Kier alpha value is -2.03.